The zero-order valence-electron chi connectivity index (χ0n) is 16.0. The summed E-state index contributed by atoms with van der Waals surface area (Å²) < 4.78 is 14.7. The minimum atomic E-state index is -0.287. The van der Waals surface area contributed by atoms with Crippen LogP contribution in [0.3, 0.4) is 0 Å². The zero-order chi connectivity index (χ0) is 18.5. The van der Waals surface area contributed by atoms with Gasteiger partial charge in [-0.25, -0.2) is 4.39 Å². The van der Waals surface area contributed by atoms with Gasteiger partial charge in [-0.2, -0.15) is 0 Å². The van der Waals surface area contributed by atoms with Crippen molar-refractivity contribution < 1.29 is 4.39 Å². The van der Waals surface area contributed by atoms with E-state index < -0.39 is 0 Å². The maximum absolute atomic E-state index is 14.7. The van der Waals surface area contributed by atoms with Gasteiger partial charge in [0.05, 0.1) is 5.02 Å². The van der Waals surface area contributed by atoms with E-state index in [1.807, 2.05) is 12.1 Å². The van der Waals surface area contributed by atoms with E-state index in [2.05, 4.69) is 38.1 Å². The summed E-state index contributed by atoms with van der Waals surface area (Å²) in [6.07, 6.45) is 9.73. The number of hydrogen-bond acceptors (Lipinski definition) is 0. The first-order chi connectivity index (χ1) is 12.6. The molecule has 0 radical (unpaired) electrons. The summed E-state index contributed by atoms with van der Waals surface area (Å²) >= 11 is 6.24. The lowest BCUT2D eigenvalue weighted by molar-refractivity contribution is 0.308. The molecule has 1 saturated carbocycles. The van der Waals surface area contributed by atoms with Gasteiger partial charge in [-0.15, -0.1) is 0 Å². The largest absolute Gasteiger partial charge is 0.205 e. The van der Waals surface area contributed by atoms with E-state index in [4.69, 9.17) is 11.6 Å². The van der Waals surface area contributed by atoms with Gasteiger partial charge in [-0.3, -0.25) is 0 Å². The molecule has 2 aromatic rings. The smallest absolute Gasteiger partial charge is 0.149 e. The Kier molecular flexibility index (Phi) is 6.75. The first-order valence-electron chi connectivity index (χ1n) is 10.2. The molecule has 26 heavy (non-hydrogen) atoms. The van der Waals surface area contributed by atoms with E-state index in [0.29, 0.717) is 11.5 Å². The normalized spacial score (nSPS) is 20.3. The molecule has 0 unspecified atom stereocenters. The Hall–Kier alpha value is -1.34. The van der Waals surface area contributed by atoms with Crippen molar-refractivity contribution in [3.63, 3.8) is 0 Å². The second-order valence-electron chi connectivity index (χ2n) is 7.78. The molecule has 0 nitrogen and oxygen atoms in total. The quantitative estimate of drug-likeness (QED) is 0.479. The van der Waals surface area contributed by atoms with E-state index in [9.17, 15) is 4.39 Å². The van der Waals surface area contributed by atoms with Crippen molar-refractivity contribution in [2.45, 2.75) is 71.1 Å². The van der Waals surface area contributed by atoms with E-state index >= 15 is 0 Å². The molecule has 0 heterocycles. The summed E-state index contributed by atoms with van der Waals surface area (Å²) in [7, 11) is 0. The maximum Gasteiger partial charge on any atom is 0.149 e. The average Bonchev–Trinajstić information content (AvgIpc) is 2.67. The van der Waals surface area contributed by atoms with E-state index in [1.54, 1.807) is 0 Å². The first kappa shape index (κ1) is 19.4. The molecule has 0 amide bonds. The lowest BCUT2D eigenvalue weighted by atomic mass is 9.77. The standard InChI is InChI=1S/C24H30ClF/c1-3-5-17-7-9-18(10-8-17)19-11-13-20(14-12-19)22-16-15-21(6-4-2)23(25)24(22)26/h11-18H,3-10H2,1-2H3. The number of rotatable bonds is 6. The van der Waals surface area contributed by atoms with Crippen LogP contribution in [0.15, 0.2) is 36.4 Å². The third-order valence-corrected chi connectivity index (χ3v) is 6.33. The average molecular weight is 373 g/mol. The summed E-state index contributed by atoms with van der Waals surface area (Å²) in [6, 6.07) is 12.3. The molecule has 2 aromatic carbocycles. The molecule has 1 fully saturated rings. The molecule has 140 valence electrons. The fourth-order valence-electron chi connectivity index (χ4n) is 4.40. The van der Waals surface area contributed by atoms with Crippen LogP contribution in [0, 0.1) is 11.7 Å². The molecular weight excluding hydrogens is 343 g/mol. The molecule has 0 bridgehead atoms. The molecule has 0 saturated heterocycles. The number of benzene rings is 2. The summed E-state index contributed by atoms with van der Waals surface area (Å²) in [5, 5.41) is 0.280. The van der Waals surface area contributed by atoms with Gasteiger partial charge in [-0.1, -0.05) is 81.1 Å². The summed E-state index contributed by atoms with van der Waals surface area (Å²) in [5.41, 5.74) is 3.82. The van der Waals surface area contributed by atoms with Crippen molar-refractivity contribution in [2.24, 2.45) is 5.92 Å². The Bertz CT molecular complexity index is 712. The van der Waals surface area contributed by atoms with Gasteiger partial charge in [0.15, 0.2) is 0 Å². The molecule has 1 aliphatic rings. The molecule has 1 aliphatic carbocycles. The number of aryl methyl sites for hydroxylation is 1. The van der Waals surface area contributed by atoms with Crippen LogP contribution in [0.4, 0.5) is 4.39 Å². The highest BCUT2D eigenvalue weighted by molar-refractivity contribution is 6.31. The predicted molar refractivity (Wildman–Crippen MR) is 110 cm³/mol. The third-order valence-electron chi connectivity index (χ3n) is 5.92. The topological polar surface area (TPSA) is 0 Å². The Morgan fingerprint density at radius 2 is 1.62 bits per heavy atom. The van der Waals surface area contributed by atoms with Crippen LogP contribution in [0.25, 0.3) is 11.1 Å². The fraction of sp³-hybridized carbons (Fsp3) is 0.500. The molecule has 0 atom stereocenters. The lowest BCUT2D eigenvalue weighted by Gasteiger charge is -2.28. The van der Waals surface area contributed by atoms with Gasteiger partial charge in [-0.05, 0) is 60.6 Å². The molecular formula is C24H30ClF. The van der Waals surface area contributed by atoms with Gasteiger partial charge >= 0.3 is 0 Å². The second-order valence-corrected chi connectivity index (χ2v) is 8.16. The molecule has 0 N–H and O–H groups in total. The van der Waals surface area contributed by atoms with Crippen molar-refractivity contribution in [1.82, 2.24) is 0 Å². The van der Waals surface area contributed by atoms with Gasteiger partial charge < -0.3 is 0 Å². The van der Waals surface area contributed by atoms with Crippen molar-refractivity contribution in [2.75, 3.05) is 0 Å². The number of hydrogen-bond donors (Lipinski definition) is 0. The highest BCUT2D eigenvalue weighted by atomic mass is 35.5. The van der Waals surface area contributed by atoms with Crippen LogP contribution in [0.5, 0.6) is 0 Å². The molecule has 3 rings (SSSR count). The summed E-state index contributed by atoms with van der Waals surface area (Å²) in [4.78, 5) is 0. The fourth-order valence-corrected chi connectivity index (χ4v) is 4.66. The zero-order valence-corrected chi connectivity index (χ0v) is 16.8. The third kappa shape index (κ3) is 4.31. The second kappa shape index (κ2) is 9.04. The van der Waals surface area contributed by atoms with Crippen LogP contribution in [0.2, 0.25) is 5.02 Å². The van der Waals surface area contributed by atoms with Crippen LogP contribution < -0.4 is 0 Å². The minimum absolute atomic E-state index is 0.280. The molecule has 2 heteroatoms. The predicted octanol–water partition coefficient (Wildman–Crippen LogP) is 8.17. The molecule has 0 aliphatic heterocycles. The van der Waals surface area contributed by atoms with Gasteiger partial charge in [0, 0.05) is 5.56 Å². The van der Waals surface area contributed by atoms with E-state index in [-0.39, 0.29) is 10.8 Å². The van der Waals surface area contributed by atoms with Crippen LogP contribution in [0.1, 0.15) is 75.8 Å². The van der Waals surface area contributed by atoms with Gasteiger partial charge in [0.1, 0.15) is 5.82 Å². The van der Waals surface area contributed by atoms with Crippen molar-refractivity contribution >= 4 is 11.6 Å². The van der Waals surface area contributed by atoms with Crippen molar-refractivity contribution in [3.05, 3.63) is 58.4 Å². The summed E-state index contributed by atoms with van der Waals surface area (Å²) in [5.74, 6) is 1.30. The first-order valence-corrected chi connectivity index (χ1v) is 10.6. The van der Waals surface area contributed by atoms with Crippen molar-refractivity contribution in [1.29, 1.82) is 0 Å². The Labute approximate surface area is 162 Å². The summed E-state index contributed by atoms with van der Waals surface area (Å²) in [6.45, 7) is 4.36. The maximum atomic E-state index is 14.7. The van der Waals surface area contributed by atoms with Gasteiger partial charge in [0.25, 0.3) is 0 Å². The van der Waals surface area contributed by atoms with Crippen LogP contribution >= 0.6 is 11.6 Å². The van der Waals surface area contributed by atoms with Crippen LogP contribution in [-0.2, 0) is 6.42 Å². The van der Waals surface area contributed by atoms with E-state index in [0.717, 1.165) is 29.9 Å². The number of halogens is 2. The van der Waals surface area contributed by atoms with Crippen LogP contribution in [-0.4, -0.2) is 0 Å². The highest BCUT2D eigenvalue weighted by Gasteiger charge is 2.22. The molecule has 0 aromatic heterocycles. The van der Waals surface area contributed by atoms with Gasteiger partial charge in [0.2, 0.25) is 0 Å². The van der Waals surface area contributed by atoms with Crippen molar-refractivity contribution in [3.8, 4) is 11.1 Å². The Morgan fingerprint density at radius 1 is 0.923 bits per heavy atom. The SMILES string of the molecule is CCCc1ccc(-c2ccc(C3CCC(CCC)CC3)cc2)c(F)c1Cl. The minimum Gasteiger partial charge on any atom is -0.205 e. The lowest BCUT2D eigenvalue weighted by Crippen LogP contribution is -2.13. The monoisotopic (exact) mass is 372 g/mol. The Balaban J connectivity index is 1.73. The molecule has 0 spiro atoms. The Morgan fingerprint density at radius 3 is 2.23 bits per heavy atom. The highest BCUT2D eigenvalue weighted by Crippen LogP contribution is 2.38. The van der Waals surface area contributed by atoms with E-state index in [1.165, 1.54) is 44.1 Å².